The van der Waals surface area contributed by atoms with E-state index < -0.39 is 5.17 Å². The second-order valence-corrected chi connectivity index (χ2v) is 2.48. The van der Waals surface area contributed by atoms with Crippen LogP contribution in [-0.4, -0.2) is 10.7 Å². The average molecular weight is 178 g/mol. The molecule has 1 aromatic rings. The van der Waals surface area contributed by atoms with Crippen molar-refractivity contribution in [3.8, 4) is 0 Å². The Hall–Kier alpha value is -1.79. The zero-order chi connectivity index (χ0) is 9.26. The van der Waals surface area contributed by atoms with Crippen LogP contribution in [0.25, 0.3) is 0 Å². The summed E-state index contributed by atoms with van der Waals surface area (Å²) < 4.78 is 0. The molecule has 0 spiro atoms. The molecular weight excluding hydrogens is 172 g/mol. The van der Waals surface area contributed by atoms with Crippen LogP contribution in [-0.2, 0) is 0 Å². The molecule has 1 heterocycles. The smallest absolute Gasteiger partial charge is 0.368 e. The molecule has 1 atom stereocenters. The van der Waals surface area contributed by atoms with Crippen molar-refractivity contribution in [2.24, 2.45) is 10.4 Å². The zero-order valence-corrected chi connectivity index (χ0v) is 6.54. The molecule has 2 rings (SSSR count). The number of hydrogen-bond donors (Lipinski definition) is 1. The molecule has 1 N–H and O–H groups in total. The first-order valence-electron chi connectivity index (χ1n) is 3.64. The summed E-state index contributed by atoms with van der Waals surface area (Å²) in [6.45, 7) is 0. The van der Waals surface area contributed by atoms with Gasteiger partial charge in [0.15, 0.2) is 0 Å². The standard InChI is InChI=1S/C7H6N4O2/c12-10-7(11(13)9-8-10)6-4-2-1-3-5-6/h1-5,10H. The highest BCUT2D eigenvalue weighted by atomic mass is 16.6. The van der Waals surface area contributed by atoms with E-state index in [0.29, 0.717) is 5.56 Å². The van der Waals surface area contributed by atoms with Crippen LogP contribution in [0, 0.1) is 10.4 Å². The summed E-state index contributed by atoms with van der Waals surface area (Å²) in [6.07, 6.45) is 0. The lowest BCUT2D eigenvalue weighted by molar-refractivity contribution is -0.761. The van der Waals surface area contributed by atoms with Gasteiger partial charge in [0.1, 0.15) is 0 Å². The molecule has 1 aliphatic rings. The van der Waals surface area contributed by atoms with Crippen LogP contribution in [0.1, 0.15) is 5.56 Å². The van der Waals surface area contributed by atoms with Gasteiger partial charge in [-0.25, -0.2) is 0 Å². The van der Waals surface area contributed by atoms with Crippen molar-refractivity contribution in [3.05, 3.63) is 46.3 Å². The molecule has 0 aromatic heterocycles. The number of nitrogens with zero attached hydrogens (tertiary/aromatic N) is 3. The average Bonchev–Trinajstić information content (AvgIpc) is 2.48. The molecule has 1 aliphatic heterocycles. The van der Waals surface area contributed by atoms with Crippen molar-refractivity contribution in [2.45, 2.75) is 0 Å². The highest BCUT2D eigenvalue weighted by Crippen LogP contribution is 1.99. The first-order valence-corrected chi connectivity index (χ1v) is 3.64. The Labute approximate surface area is 73.5 Å². The predicted octanol–water partition coefficient (Wildman–Crippen LogP) is -0.378. The minimum Gasteiger partial charge on any atom is -0.687 e. The lowest BCUT2D eigenvalue weighted by Gasteiger charge is -2.04. The number of quaternary nitrogens is 1. The molecule has 6 nitrogen and oxygen atoms in total. The third-order valence-corrected chi connectivity index (χ3v) is 1.66. The lowest BCUT2D eigenvalue weighted by Crippen LogP contribution is -3.04. The molecule has 0 amide bonds. The summed E-state index contributed by atoms with van der Waals surface area (Å²) in [6, 6.07) is 8.60. The monoisotopic (exact) mass is 178 g/mol. The molecule has 1 aromatic carbocycles. The first-order chi connectivity index (χ1) is 6.29. The summed E-state index contributed by atoms with van der Waals surface area (Å²) in [4.78, 5) is 0.234. The zero-order valence-electron chi connectivity index (χ0n) is 6.54. The van der Waals surface area contributed by atoms with Crippen molar-refractivity contribution in [1.82, 2.24) is 0 Å². The largest absolute Gasteiger partial charge is 0.687 e. The Bertz CT molecular complexity index is 373. The first kappa shape index (κ1) is 7.84. The fraction of sp³-hybridized carbons (Fsp3) is 0. The van der Waals surface area contributed by atoms with E-state index in [1.54, 1.807) is 30.3 Å². The summed E-state index contributed by atoms with van der Waals surface area (Å²) in [5, 5.41) is 27.7. The van der Waals surface area contributed by atoms with Gasteiger partial charge in [-0.3, -0.25) is 0 Å². The molecule has 0 saturated heterocycles. The van der Waals surface area contributed by atoms with Gasteiger partial charge in [0, 0.05) is 0 Å². The Morgan fingerprint density at radius 2 is 1.92 bits per heavy atom. The molecule has 13 heavy (non-hydrogen) atoms. The van der Waals surface area contributed by atoms with Gasteiger partial charge < -0.3 is 10.4 Å². The topological polar surface area (TPSA) is 78.3 Å². The second kappa shape index (κ2) is 2.92. The quantitative estimate of drug-likeness (QED) is 0.470. The van der Waals surface area contributed by atoms with Crippen molar-refractivity contribution in [3.63, 3.8) is 0 Å². The van der Waals surface area contributed by atoms with E-state index in [0.717, 1.165) is 0 Å². The van der Waals surface area contributed by atoms with Gasteiger partial charge in [0.2, 0.25) is 5.22 Å². The van der Waals surface area contributed by atoms with Crippen LogP contribution in [0.2, 0.25) is 0 Å². The molecule has 0 aliphatic carbocycles. The molecule has 0 radical (unpaired) electrons. The highest BCUT2D eigenvalue weighted by molar-refractivity contribution is 5.88. The minimum absolute atomic E-state index is 0.0272. The summed E-state index contributed by atoms with van der Waals surface area (Å²) in [5.41, 5.74) is 0.535. The number of nitrogens with one attached hydrogen (secondary N) is 1. The third-order valence-electron chi connectivity index (χ3n) is 1.66. The minimum atomic E-state index is -0.596. The van der Waals surface area contributed by atoms with Crippen molar-refractivity contribution < 1.29 is 10.0 Å². The molecule has 6 heteroatoms. The van der Waals surface area contributed by atoms with Gasteiger partial charge in [-0.2, -0.15) is 0 Å². The summed E-state index contributed by atoms with van der Waals surface area (Å²) in [5.74, 6) is -0.0272. The highest BCUT2D eigenvalue weighted by Gasteiger charge is 2.27. The van der Waals surface area contributed by atoms with Crippen molar-refractivity contribution in [1.29, 1.82) is 0 Å². The Morgan fingerprint density at radius 1 is 1.23 bits per heavy atom. The van der Waals surface area contributed by atoms with Crippen LogP contribution < -0.4 is 5.17 Å². The molecule has 0 saturated carbocycles. The van der Waals surface area contributed by atoms with Crippen LogP contribution in [0.4, 0.5) is 0 Å². The summed E-state index contributed by atoms with van der Waals surface area (Å²) >= 11 is 0. The number of hydrogen-bond acceptors (Lipinski definition) is 4. The van der Waals surface area contributed by atoms with E-state index in [9.17, 15) is 10.4 Å². The molecule has 66 valence electrons. The fourth-order valence-electron chi connectivity index (χ4n) is 1.09. The van der Waals surface area contributed by atoms with Gasteiger partial charge in [0.25, 0.3) is 5.22 Å². The second-order valence-electron chi connectivity index (χ2n) is 2.48. The van der Waals surface area contributed by atoms with E-state index in [2.05, 4.69) is 10.4 Å². The number of rotatable bonds is 1. The normalized spacial score (nSPS) is 21.2. The lowest BCUT2D eigenvalue weighted by atomic mass is 10.2. The van der Waals surface area contributed by atoms with Gasteiger partial charge >= 0.3 is 5.84 Å². The van der Waals surface area contributed by atoms with Crippen molar-refractivity contribution in [2.75, 3.05) is 0 Å². The number of hydroxylamine groups is 1. The van der Waals surface area contributed by atoms with Crippen LogP contribution in [0.5, 0.6) is 0 Å². The Morgan fingerprint density at radius 3 is 2.46 bits per heavy atom. The van der Waals surface area contributed by atoms with E-state index in [1.807, 2.05) is 0 Å². The Balaban J connectivity index is 2.44. The maximum atomic E-state index is 11.0. The Kier molecular flexibility index (Phi) is 1.76. The van der Waals surface area contributed by atoms with Crippen LogP contribution in [0.15, 0.2) is 40.8 Å². The van der Waals surface area contributed by atoms with Crippen LogP contribution >= 0.6 is 0 Å². The van der Waals surface area contributed by atoms with Gasteiger partial charge in [-0.05, 0) is 12.1 Å². The van der Waals surface area contributed by atoms with Gasteiger partial charge in [-0.15, -0.1) is 0 Å². The molecule has 0 fully saturated rings. The maximum absolute atomic E-state index is 11.0. The molecular formula is C7H6N4O2. The predicted molar refractivity (Wildman–Crippen MR) is 43.4 cm³/mol. The van der Waals surface area contributed by atoms with E-state index in [-0.39, 0.29) is 10.7 Å². The number of benzene rings is 1. The molecule has 0 bridgehead atoms. The van der Waals surface area contributed by atoms with Crippen LogP contribution in [0.3, 0.4) is 0 Å². The van der Waals surface area contributed by atoms with Gasteiger partial charge in [-0.1, -0.05) is 28.2 Å². The van der Waals surface area contributed by atoms with E-state index in [4.69, 9.17) is 0 Å². The molecule has 1 unspecified atom stereocenters. The fourth-order valence-corrected chi connectivity index (χ4v) is 1.09. The van der Waals surface area contributed by atoms with Crippen molar-refractivity contribution >= 4 is 5.84 Å². The summed E-state index contributed by atoms with van der Waals surface area (Å²) in [7, 11) is 0. The number of amidine groups is 1. The SMILES string of the molecule is [O-][N+]1=C(c2ccccc2)[NH+]([O-])N=N1. The third kappa shape index (κ3) is 1.28. The maximum Gasteiger partial charge on any atom is 0.368 e. The van der Waals surface area contributed by atoms with Gasteiger partial charge in [0.05, 0.1) is 5.56 Å². The van der Waals surface area contributed by atoms with E-state index >= 15 is 0 Å². The van der Waals surface area contributed by atoms with E-state index in [1.165, 1.54) is 0 Å².